The van der Waals surface area contributed by atoms with Crippen LogP contribution in [0.25, 0.3) is 0 Å². The normalized spacial score (nSPS) is 20.5. The molecule has 8 heteroatoms. The average Bonchev–Trinajstić information content (AvgIpc) is 2.79. The molecule has 31 heavy (non-hydrogen) atoms. The predicted molar refractivity (Wildman–Crippen MR) is 116 cm³/mol. The number of carbonyl (C=O) groups excluding carboxylic acids is 2. The van der Waals surface area contributed by atoms with Crippen LogP contribution in [-0.2, 0) is 9.59 Å². The maximum Gasteiger partial charge on any atom is 0.471 e. The van der Waals surface area contributed by atoms with E-state index < -0.39 is 18.1 Å². The number of anilines is 2. The lowest BCUT2D eigenvalue weighted by Crippen LogP contribution is -2.45. The van der Waals surface area contributed by atoms with E-state index in [2.05, 4.69) is 21.2 Å². The van der Waals surface area contributed by atoms with Gasteiger partial charge in [-0.05, 0) is 41.7 Å². The SMILES string of the molecule is CC1(C)CC(=O)C2=C(C1)Nc1ccccc1N(C(=O)C(F)(F)F)C2c1cccc(Br)c1. The number of Topliss-reactive ketones (excluding diaryl/α,β-unsaturated/α-hetero) is 1. The van der Waals surface area contributed by atoms with Crippen LogP contribution in [0.4, 0.5) is 24.5 Å². The molecule has 1 unspecified atom stereocenters. The first kappa shape index (κ1) is 21.6. The standard InChI is InChI=1S/C23H20BrF3N2O2/c1-22(2)11-16-19(18(30)12-22)20(13-6-5-7-14(24)10-13)29(21(31)23(25,26)27)17-9-4-3-8-15(17)28-16/h3-10,20,28H,11-12H2,1-2H3. The lowest BCUT2D eigenvalue weighted by Gasteiger charge is -2.37. The van der Waals surface area contributed by atoms with Crippen LogP contribution in [0.5, 0.6) is 0 Å². The summed E-state index contributed by atoms with van der Waals surface area (Å²) in [7, 11) is 0. The number of hydrogen-bond donors (Lipinski definition) is 1. The molecule has 1 heterocycles. The molecule has 0 aromatic heterocycles. The summed E-state index contributed by atoms with van der Waals surface area (Å²) in [6.45, 7) is 3.89. The first-order valence-corrected chi connectivity index (χ1v) is 10.6. The molecule has 2 aliphatic rings. The molecule has 4 rings (SSSR count). The van der Waals surface area contributed by atoms with Crippen LogP contribution in [-0.4, -0.2) is 17.9 Å². The molecule has 0 bridgehead atoms. The molecule has 0 saturated carbocycles. The third-order valence-electron chi connectivity index (χ3n) is 5.53. The van der Waals surface area contributed by atoms with Gasteiger partial charge >= 0.3 is 12.1 Å². The lowest BCUT2D eigenvalue weighted by atomic mass is 9.73. The highest BCUT2D eigenvalue weighted by Gasteiger charge is 2.50. The number of ketones is 1. The van der Waals surface area contributed by atoms with E-state index >= 15 is 0 Å². The predicted octanol–water partition coefficient (Wildman–Crippen LogP) is 6.15. The van der Waals surface area contributed by atoms with Gasteiger partial charge in [0.15, 0.2) is 5.78 Å². The average molecular weight is 493 g/mol. The minimum Gasteiger partial charge on any atom is -0.357 e. The minimum atomic E-state index is -5.11. The molecule has 1 aliphatic heterocycles. The van der Waals surface area contributed by atoms with E-state index in [-0.39, 0.29) is 28.9 Å². The van der Waals surface area contributed by atoms with Gasteiger partial charge in [0.25, 0.3) is 0 Å². The quantitative estimate of drug-likeness (QED) is 0.518. The molecule has 1 atom stereocenters. The number of alkyl halides is 3. The molecular weight excluding hydrogens is 473 g/mol. The van der Waals surface area contributed by atoms with Crippen molar-refractivity contribution in [2.24, 2.45) is 5.41 Å². The zero-order valence-corrected chi connectivity index (χ0v) is 18.5. The minimum absolute atomic E-state index is 0.0785. The van der Waals surface area contributed by atoms with Gasteiger partial charge in [-0.25, -0.2) is 0 Å². The molecule has 0 spiro atoms. The van der Waals surface area contributed by atoms with Gasteiger partial charge < -0.3 is 5.32 Å². The molecule has 0 saturated heterocycles. The van der Waals surface area contributed by atoms with Crippen molar-refractivity contribution in [3.05, 3.63) is 69.8 Å². The van der Waals surface area contributed by atoms with Crippen LogP contribution in [0.3, 0.4) is 0 Å². The number of halogens is 4. The fourth-order valence-corrected chi connectivity index (χ4v) is 4.76. The molecule has 0 fully saturated rings. The van der Waals surface area contributed by atoms with Crippen LogP contribution in [0.1, 0.15) is 38.3 Å². The van der Waals surface area contributed by atoms with E-state index in [9.17, 15) is 22.8 Å². The van der Waals surface area contributed by atoms with Crippen LogP contribution >= 0.6 is 15.9 Å². The van der Waals surface area contributed by atoms with Gasteiger partial charge in [0, 0.05) is 22.2 Å². The summed E-state index contributed by atoms with van der Waals surface area (Å²) < 4.78 is 41.9. The Bertz CT molecular complexity index is 1110. The summed E-state index contributed by atoms with van der Waals surface area (Å²) >= 11 is 3.36. The molecule has 1 amide bonds. The number of amides is 1. The van der Waals surface area contributed by atoms with Gasteiger partial charge in [0.05, 0.1) is 17.4 Å². The van der Waals surface area contributed by atoms with Gasteiger partial charge in [-0.15, -0.1) is 0 Å². The molecule has 0 radical (unpaired) electrons. The zero-order chi connectivity index (χ0) is 22.6. The van der Waals surface area contributed by atoms with Gasteiger partial charge in [0.1, 0.15) is 0 Å². The molecule has 162 valence electrons. The second-order valence-corrected chi connectivity index (χ2v) is 9.52. The molecule has 2 aromatic rings. The van der Waals surface area contributed by atoms with Crippen LogP contribution in [0.15, 0.2) is 64.3 Å². The van der Waals surface area contributed by atoms with Crippen molar-refractivity contribution >= 4 is 39.0 Å². The van der Waals surface area contributed by atoms with Crippen molar-refractivity contribution in [1.82, 2.24) is 0 Å². The summed E-state index contributed by atoms with van der Waals surface area (Å²) in [5.41, 5.74) is 1.25. The fraction of sp³-hybridized carbons (Fsp3) is 0.304. The number of allylic oxidation sites excluding steroid dienone is 1. The van der Waals surface area contributed by atoms with Crippen LogP contribution in [0.2, 0.25) is 0 Å². The second-order valence-electron chi connectivity index (χ2n) is 8.61. The molecular formula is C23H20BrF3N2O2. The van der Waals surface area contributed by atoms with Gasteiger partial charge in [-0.1, -0.05) is 54.0 Å². The Balaban J connectivity index is 2.05. The third kappa shape index (κ3) is 4.01. The smallest absolute Gasteiger partial charge is 0.357 e. The van der Waals surface area contributed by atoms with Crippen molar-refractivity contribution < 1.29 is 22.8 Å². The summed E-state index contributed by atoms with van der Waals surface area (Å²) in [6, 6.07) is 11.8. The maximum atomic E-state index is 13.8. The number of benzene rings is 2. The summed E-state index contributed by atoms with van der Waals surface area (Å²) in [5, 5.41) is 3.18. The zero-order valence-electron chi connectivity index (χ0n) is 16.9. The van der Waals surface area contributed by atoms with E-state index in [1.54, 1.807) is 42.5 Å². The Hall–Kier alpha value is -2.61. The van der Waals surface area contributed by atoms with Crippen molar-refractivity contribution in [1.29, 1.82) is 0 Å². The van der Waals surface area contributed by atoms with Gasteiger partial charge in [-0.2, -0.15) is 13.2 Å². The van der Waals surface area contributed by atoms with E-state index in [1.165, 1.54) is 6.07 Å². The van der Waals surface area contributed by atoms with E-state index in [0.717, 1.165) is 0 Å². The van der Waals surface area contributed by atoms with E-state index in [0.29, 0.717) is 32.7 Å². The largest absolute Gasteiger partial charge is 0.471 e. The molecule has 2 aromatic carbocycles. The number of carbonyl (C=O) groups is 2. The van der Waals surface area contributed by atoms with Crippen molar-refractivity contribution in [3.63, 3.8) is 0 Å². The topological polar surface area (TPSA) is 49.4 Å². The van der Waals surface area contributed by atoms with Gasteiger partial charge in [0.2, 0.25) is 0 Å². The Morgan fingerprint density at radius 1 is 1.13 bits per heavy atom. The highest BCUT2D eigenvalue weighted by atomic mass is 79.9. The fourth-order valence-electron chi connectivity index (χ4n) is 4.34. The first-order valence-electron chi connectivity index (χ1n) is 9.76. The first-order chi connectivity index (χ1) is 14.5. The number of nitrogens with one attached hydrogen (secondary N) is 1. The molecule has 1 aliphatic carbocycles. The summed E-state index contributed by atoms with van der Waals surface area (Å²) in [5.74, 6) is -2.28. The third-order valence-corrected chi connectivity index (χ3v) is 6.02. The van der Waals surface area contributed by atoms with Gasteiger partial charge in [-0.3, -0.25) is 14.5 Å². The summed E-state index contributed by atoms with van der Waals surface area (Å²) in [4.78, 5) is 26.8. The van der Waals surface area contributed by atoms with Crippen LogP contribution < -0.4 is 10.2 Å². The Morgan fingerprint density at radius 3 is 2.52 bits per heavy atom. The summed E-state index contributed by atoms with van der Waals surface area (Å²) in [6.07, 6.45) is -4.46. The monoisotopic (exact) mass is 492 g/mol. The number of nitrogens with zero attached hydrogens (tertiary/aromatic N) is 1. The second kappa shape index (κ2) is 7.51. The Morgan fingerprint density at radius 2 is 1.84 bits per heavy atom. The Labute approximate surface area is 186 Å². The van der Waals surface area contributed by atoms with E-state index in [1.807, 2.05) is 13.8 Å². The highest BCUT2D eigenvalue weighted by Crippen LogP contribution is 2.49. The highest BCUT2D eigenvalue weighted by molar-refractivity contribution is 9.10. The van der Waals surface area contributed by atoms with E-state index in [4.69, 9.17) is 0 Å². The number of hydrogen-bond acceptors (Lipinski definition) is 3. The number of para-hydroxylation sites is 2. The maximum absolute atomic E-state index is 13.8. The van der Waals surface area contributed by atoms with Crippen molar-refractivity contribution in [2.75, 3.05) is 10.2 Å². The lowest BCUT2D eigenvalue weighted by molar-refractivity contribution is -0.170. The number of fused-ring (bicyclic) bond motifs is 1. The Kier molecular flexibility index (Phi) is 5.24. The van der Waals surface area contributed by atoms with Crippen molar-refractivity contribution in [2.45, 2.75) is 38.9 Å². The molecule has 1 N–H and O–H groups in total. The van der Waals surface area contributed by atoms with Crippen LogP contribution in [0, 0.1) is 5.41 Å². The number of rotatable bonds is 1. The molecule has 4 nitrogen and oxygen atoms in total. The van der Waals surface area contributed by atoms with Crippen molar-refractivity contribution in [3.8, 4) is 0 Å².